The van der Waals surface area contributed by atoms with Crippen LogP contribution < -0.4 is 0 Å². The van der Waals surface area contributed by atoms with E-state index < -0.39 is 5.60 Å². The van der Waals surface area contributed by atoms with Crippen LogP contribution in [0.1, 0.15) is 31.1 Å². The van der Waals surface area contributed by atoms with E-state index in [1.54, 1.807) is 21.9 Å². The number of rotatable bonds is 1. The number of benzene rings is 2. The molecule has 29 heavy (non-hydrogen) atoms. The van der Waals surface area contributed by atoms with Crippen molar-refractivity contribution >= 4 is 34.1 Å². The molecule has 3 aromatic rings. The molecule has 1 aliphatic heterocycles. The Morgan fingerprint density at radius 1 is 0.828 bits per heavy atom. The van der Waals surface area contributed by atoms with Crippen molar-refractivity contribution in [3.8, 4) is 0 Å². The lowest BCUT2D eigenvalue weighted by Gasteiger charge is -2.35. The number of amides is 2. The summed E-state index contributed by atoms with van der Waals surface area (Å²) < 4.78 is 5.41. The molecule has 0 radical (unpaired) electrons. The average molecular weight is 392 g/mol. The number of carbonyl (C=O) groups is 2. The van der Waals surface area contributed by atoms with Gasteiger partial charge in [0.25, 0.3) is 5.91 Å². The highest BCUT2D eigenvalue weighted by atomic mass is 16.6. The third kappa shape index (κ3) is 4.13. The maximum atomic E-state index is 13.0. The van der Waals surface area contributed by atoms with Gasteiger partial charge in [-0.2, -0.15) is 0 Å². The van der Waals surface area contributed by atoms with Gasteiger partial charge in [0.05, 0.1) is 22.1 Å². The highest BCUT2D eigenvalue weighted by Crippen LogP contribution is 2.19. The van der Waals surface area contributed by atoms with Gasteiger partial charge in [-0.1, -0.05) is 12.1 Å². The van der Waals surface area contributed by atoms with Crippen molar-refractivity contribution in [2.24, 2.45) is 0 Å². The van der Waals surface area contributed by atoms with Gasteiger partial charge in [-0.3, -0.25) is 4.79 Å². The van der Waals surface area contributed by atoms with Crippen LogP contribution in [0, 0.1) is 0 Å². The third-order valence-electron chi connectivity index (χ3n) is 4.80. The maximum absolute atomic E-state index is 13.0. The number of fused-ring (bicyclic) bond motifs is 2. The molecule has 0 spiro atoms. The first-order valence-corrected chi connectivity index (χ1v) is 9.74. The van der Waals surface area contributed by atoms with Crippen molar-refractivity contribution in [1.82, 2.24) is 19.8 Å². The summed E-state index contributed by atoms with van der Waals surface area (Å²) in [5.41, 5.74) is 3.14. The number of hydrogen-bond donors (Lipinski definition) is 0. The van der Waals surface area contributed by atoms with Gasteiger partial charge in [0.2, 0.25) is 0 Å². The molecule has 1 fully saturated rings. The minimum Gasteiger partial charge on any atom is -0.444 e. The predicted molar refractivity (Wildman–Crippen MR) is 111 cm³/mol. The molecule has 0 bridgehead atoms. The molecule has 1 saturated heterocycles. The first kappa shape index (κ1) is 19.1. The molecule has 0 unspecified atom stereocenters. The van der Waals surface area contributed by atoms with Crippen LogP contribution in [-0.2, 0) is 4.74 Å². The van der Waals surface area contributed by atoms with E-state index in [0.29, 0.717) is 37.3 Å². The largest absolute Gasteiger partial charge is 0.444 e. The smallest absolute Gasteiger partial charge is 0.410 e. The zero-order valence-electron chi connectivity index (χ0n) is 16.9. The zero-order valence-corrected chi connectivity index (χ0v) is 16.9. The van der Waals surface area contributed by atoms with Crippen LogP contribution in [0.25, 0.3) is 22.1 Å². The molecule has 0 saturated carbocycles. The van der Waals surface area contributed by atoms with Crippen molar-refractivity contribution in [3.63, 3.8) is 0 Å². The Kier molecular flexibility index (Phi) is 4.82. The van der Waals surface area contributed by atoms with Gasteiger partial charge in [0.15, 0.2) is 0 Å². The van der Waals surface area contributed by atoms with E-state index in [1.807, 2.05) is 51.1 Å². The molecule has 4 rings (SSSR count). The fourth-order valence-corrected chi connectivity index (χ4v) is 3.35. The second-order valence-electron chi connectivity index (χ2n) is 8.18. The zero-order chi connectivity index (χ0) is 20.6. The third-order valence-corrected chi connectivity index (χ3v) is 4.80. The molecule has 2 aromatic carbocycles. The van der Waals surface area contributed by atoms with Crippen molar-refractivity contribution < 1.29 is 14.3 Å². The first-order chi connectivity index (χ1) is 13.8. The predicted octanol–water partition coefficient (Wildman–Crippen LogP) is 3.48. The number of aromatic nitrogens is 2. The second kappa shape index (κ2) is 7.31. The van der Waals surface area contributed by atoms with Crippen LogP contribution >= 0.6 is 0 Å². The van der Waals surface area contributed by atoms with E-state index in [1.165, 1.54) is 0 Å². The number of carbonyl (C=O) groups excluding carboxylic acids is 2. The molecule has 7 heteroatoms. The molecular weight excluding hydrogens is 368 g/mol. The summed E-state index contributed by atoms with van der Waals surface area (Å²) in [5, 5.41) is 0. The Labute approximate surface area is 169 Å². The maximum Gasteiger partial charge on any atom is 0.410 e. The van der Waals surface area contributed by atoms with E-state index in [0.717, 1.165) is 16.6 Å². The number of ether oxygens (including phenoxy) is 1. The Morgan fingerprint density at radius 3 is 2.00 bits per heavy atom. The monoisotopic (exact) mass is 392 g/mol. The molecule has 2 amide bonds. The van der Waals surface area contributed by atoms with Gasteiger partial charge in [0, 0.05) is 31.7 Å². The molecule has 0 N–H and O–H groups in total. The van der Waals surface area contributed by atoms with Crippen molar-refractivity contribution in [3.05, 3.63) is 48.0 Å². The molecule has 1 aromatic heterocycles. The summed E-state index contributed by atoms with van der Waals surface area (Å²) in [6.07, 6.45) is -0.336. The summed E-state index contributed by atoms with van der Waals surface area (Å²) in [6, 6.07) is 13.1. The van der Waals surface area contributed by atoms with Crippen LogP contribution in [0.2, 0.25) is 0 Å². The molecule has 7 nitrogen and oxygen atoms in total. The van der Waals surface area contributed by atoms with Crippen LogP contribution in [0.3, 0.4) is 0 Å². The molecule has 150 valence electrons. The lowest BCUT2D eigenvalue weighted by Crippen LogP contribution is -2.51. The number of nitrogens with zero attached hydrogens (tertiary/aromatic N) is 4. The van der Waals surface area contributed by atoms with Gasteiger partial charge in [0.1, 0.15) is 5.60 Å². The molecule has 2 heterocycles. The Balaban J connectivity index is 1.48. The lowest BCUT2D eigenvalue weighted by atomic mass is 10.1. The molecule has 0 atom stereocenters. The minimum atomic E-state index is -0.527. The minimum absolute atomic E-state index is 0.0642. The Morgan fingerprint density at radius 2 is 1.38 bits per heavy atom. The summed E-state index contributed by atoms with van der Waals surface area (Å²) >= 11 is 0. The quantitative estimate of drug-likeness (QED) is 0.593. The van der Waals surface area contributed by atoms with Crippen molar-refractivity contribution in [1.29, 1.82) is 0 Å². The normalized spacial score (nSPS) is 15.0. The van der Waals surface area contributed by atoms with E-state index in [9.17, 15) is 9.59 Å². The lowest BCUT2D eigenvalue weighted by molar-refractivity contribution is 0.0141. The Bertz CT molecular complexity index is 1080. The Hall–Kier alpha value is -3.22. The van der Waals surface area contributed by atoms with Crippen LogP contribution in [0.5, 0.6) is 0 Å². The van der Waals surface area contributed by atoms with Crippen LogP contribution in [-0.4, -0.2) is 63.5 Å². The van der Waals surface area contributed by atoms with Gasteiger partial charge in [-0.25, -0.2) is 14.8 Å². The molecule has 1 aliphatic rings. The number of hydrogen-bond acceptors (Lipinski definition) is 5. The van der Waals surface area contributed by atoms with Gasteiger partial charge in [-0.15, -0.1) is 0 Å². The molecule has 0 aliphatic carbocycles. The molecular formula is C22H24N4O3. The van der Waals surface area contributed by atoms with Crippen molar-refractivity contribution in [2.45, 2.75) is 26.4 Å². The number of piperazine rings is 1. The van der Waals surface area contributed by atoms with E-state index in [4.69, 9.17) is 4.74 Å². The van der Waals surface area contributed by atoms with Gasteiger partial charge in [-0.05, 0) is 51.1 Å². The van der Waals surface area contributed by atoms with Gasteiger partial charge >= 0.3 is 6.09 Å². The van der Waals surface area contributed by atoms with Crippen molar-refractivity contribution in [2.75, 3.05) is 26.2 Å². The van der Waals surface area contributed by atoms with E-state index in [-0.39, 0.29) is 12.0 Å². The summed E-state index contributed by atoms with van der Waals surface area (Å²) in [6.45, 7) is 7.39. The summed E-state index contributed by atoms with van der Waals surface area (Å²) in [5.74, 6) is -0.0642. The van der Waals surface area contributed by atoms with Crippen LogP contribution in [0.15, 0.2) is 42.5 Å². The first-order valence-electron chi connectivity index (χ1n) is 9.74. The van der Waals surface area contributed by atoms with Crippen LogP contribution in [0.4, 0.5) is 4.79 Å². The van der Waals surface area contributed by atoms with E-state index >= 15 is 0 Å². The average Bonchev–Trinajstić information content (AvgIpc) is 2.70. The fraction of sp³-hybridized carbons (Fsp3) is 0.364. The van der Waals surface area contributed by atoms with E-state index in [2.05, 4.69) is 9.97 Å². The topological polar surface area (TPSA) is 75.6 Å². The SMILES string of the molecule is CC(C)(C)OC(=O)N1CCN(C(=O)c2ccc3nc4ccccc4nc3c2)CC1. The summed E-state index contributed by atoms with van der Waals surface area (Å²) in [4.78, 5) is 37.8. The van der Waals surface area contributed by atoms with Gasteiger partial charge < -0.3 is 14.5 Å². The second-order valence-corrected chi connectivity index (χ2v) is 8.18. The highest BCUT2D eigenvalue weighted by molar-refractivity contribution is 5.98. The standard InChI is InChI=1S/C22H24N4O3/c1-22(2,3)29-21(28)26-12-10-25(11-13-26)20(27)15-8-9-18-19(14-15)24-17-7-5-4-6-16(17)23-18/h4-9,14H,10-13H2,1-3H3. The number of para-hydroxylation sites is 2. The summed E-state index contributed by atoms with van der Waals surface area (Å²) in [7, 11) is 0. The highest BCUT2D eigenvalue weighted by Gasteiger charge is 2.28. The fourth-order valence-electron chi connectivity index (χ4n) is 3.35.